The molecule has 4 nitrogen and oxygen atoms in total. The molecule has 0 amide bonds. The number of rotatable bonds is 3. The van der Waals surface area contributed by atoms with Crippen LogP contribution in [0.15, 0.2) is 60.8 Å². The van der Waals surface area contributed by atoms with Crippen LogP contribution in [0.25, 0.3) is 5.69 Å². The Labute approximate surface area is 153 Å². The minimum Gasteiger partial charge on any atom is -0.375 e. The van der Waals surface area contributed by atoms with Gasteiger partial charge in [-0.1, -0.05) is 49.7 Å². The number of aromatic nitrogens is 2. The van der Waals surface area contributed by atoms with Gasteiger partial charge in [-0.3, -0.25) is 4.79 Å². The first-order valence-electron chi connectivity index (χ1n) is 8.95. The summed E-state index contributed by atoms with van der Waals surface area (Å²) in [6.45, 7) is 6.34. The summed E-state index contributed by atoms with van der Waals surface area (Å²) in [4.78, 5) is 13.2. The Hall–Kier alpha value is -2.88. The maximum atomic E-state index is 13.2. The smallest absolute Gasteiger partial charge is 0.189 e. The summed E-state index contributed by atoms with van der Waals surface area (Å²) in [6, 6.07) is 17.9. The fraction of sp³-hybridized carbons (Fsp3) is 0.273. The van der Waals surface area contributed by atoms with Gasteiger partial charge in [-0.2, -0.15) is 5.10 Å². The predicted octanol–water partition coefficient (Wildman–Crippen LogP) is 4.43. The predicted molar refractivity (Wildman–Crippen MR) is 104 cm³/mol. The number of para-hydroxylation sites is 1. The molecule has 2 aromatic carbocycles. The molecule has 4 heteroatoms. The van der Waals surface area contributed by atoms with Crippen molar-refractivity contribution in [2.24, 2.45) is 5.41 Å². The number of carbonyl (C=O) groups excluding carboxylic acids is 1. The number of anilines is 1. The van der Waals surface area contributed by atoms with Crippen LogP contribution >= 0.6 is 0 Å². The van der Waals surface area contributed by atoms with Crippen molar-refractivity contribution in [3.63, 3.8) is 0 Å². The highest BCUT2D eigenvalue weighted by atomic mass is 16.1. The van der Waals surface area contributed by atoms with Crippen molar-refractivity contribution in [1.29, 1.82) is 0 Å². The number of aryl methyl sites for hydroxylation is 1. The number of fused-ring (bicyclic) bond motifs is 1. The SMILES string of the molecule is Cc1ccc(NC2C(=O)c3cnn(-c4ccccc4)c3CC2(C)C)cc1. The van der Waals surface area contributed by atoms with E-state index in [0.717, 1.165) is 29.1 Å². The normalized spacial score (nSPS) is 18.4. The van der Waals surface area contributed by atoms with E-state index in [-0.39, 0.29) is 17.2 Å². The van der Waals surface area contributed by atoms with E-state index in [0.29, 0.717) is 0 Å². The first-order valence-corrected chi connectivity index (χ1v) is 8.95. The Bertz CT molecular complexity index is 939. The number of carbonyl (C=O) groups is 1. The van der Waals surface area contributed by atoms with Crippen molar-refractivity contribution >= 4 is 11.5 Å². The molecule has 1 aliphatic carbocycles. The minimum absolute atomic E-state index is 0.110. The van der Waals surface area contributed by atoms with E-state index >= 15 is 0 Å². The molecule has 0 saturated heterocycles. The highest BCUT2D eigenvalue weighted by molar-refractivity contribution is 6.04. The Morgan fingerprint density at radius 2 is 1.77 bits per heavy atom. The van der Waals surface area contributed by atoms with Crippen LogP contribution in [0.3, 0.4) is 0 Å². The van der Waals surface area contributed by atoms with Crippen molar-refractivity contribution < 1.29 is 4.79 Å². The van der Waals surface area contributed by atoms with Crippen LogP contribution in [0.5, 0.6) is 0 Å². The van der Waals surface area contributed by atoms with E-state index in [9.17, 15) is 4.79 Å². The van der Waals surface area contributed by atoms with Crippen LogP contribution in [0.1, 0.15) is 35.5 Å². The molecule has 1 N–H and O–H groups in total. The molecule has 0 aliphatic heterocycles. The van der Waals surface area contributed by atoms with Gasteiger partial charge in [0.15, 0.2) is 5.78 Å². The van der Waals surface area contributed by atoms with Crippen LogP contribution < -0.4 is 5.32 Å². The van der Waals surface area contributed by atoms with Crippen molar-refractivity contribution in [2.45, 2.75) is 33.2 Å². The molecule has 0 radical (unpaired) electrons. The minimum atomic E-state index is -0.272. The first-order chi connectivity index (χ1) is 12.5. The highest BCUT2D eigenvalue weighted by Crippen LogP contribution is 2.37. The second-order valence-electron chi connectivity index (χ2n) is 7.73. The zero-order valence-electron chi connectivity index (χ0n) is 15.4. The number of hydrogen-bond donors (Lipinski definition) is 1. The lowest BCUT2D eigenvalue weighted by Gasteiger charge is -2.38. The summed E-state index contributed by atoms with van der Waals surface area (Å²) in [5, 5.41) is 7.96. The van der Waals surface area contributed by atoms with Crippen LogP contribution in [0, 0.1) is 12.3 Å². The summed E-state index contributed by atoms with van der Waals surface area (Å²) < 4.78 is 1.90. The molecule has 0 fully saturated rings. The summed E-state index contributed by atoms with van der Waals surface area (Å²) in [5.41, 5.74) is 4.66. The molecule has 1 heterocycles. The van der Waals surface area contributed by atoms with Crippen molar-refractivity contribution in [2.75, 3.05) is 5.32 Å². The maximum Gasteiger partial charge on any atom is 0.189 e. The number of nitrogens with zero attached hydrogens (tertiary/aromatic N) is 2. The Morgan fingerprint density at radius 1 is 1.08 bits per heavy atom. The molecule has 132 valence electrons. The monoisotopic (exact) mass is 345 g/mol. The second-order valence-corrected chi connectivity index (χ2v) is 7.73. The zero-order chi connectivity index (χ0) is 18.3. The van der Waals surface area contributed by atoms with Gasteiger partial charge in [-0.25, -0.2) is 4.68 Å². The fourth-order valence-corrected chi connectivity index (χ4v) is 3.66. The van der Waals surface area contributed by atoms with E-state index in [1.165, 1.54) is 5.56 Å². The van der Waals surface area contributed by atoms with Crippen LogP contribution in [-0.4, -0.2) is 21.6 Å². The molecule has 1 aromatic heterocycles. The van der Waals surface area contributed by atoms with Gasteiger partial charge in [0.2, 0.25) is 0 Å². The molecule has 26 heavy (non-hydrogen) atoms. The number of hydrogen-bond acceptors (Lipinski definition) is 3. The molecule has 1 unspecified atom stereocenters. The van der Waals surface area contributed by atoms with Crippen molar-refractivity contribution in [3.05, 3.63) is 77.6 Å². The van der Waals surface area contributed by atoms with Gasteiger partial charge < -0.3 is 5.32 Å². The average Bonchev–Trinajstić information content (AvgIpc) is 3.04. The van der Waals surface area contributed by atoms with E-state index in [1.54, 1.807) is 6.20 Å². The molecule has 0 spiro atoms. The molecule has 0 saturated carbocycles. The van der Waals surface area contributed by atoms with Crippen molar-refractivity contribution in [3.8, 4) is 5.69 Å². The van der Waals surface area contributed by atoms with Gasteiger partial charge >= 0.3 is 0 Å². The Kier molecular flexibility index (Phi) is 3.91. The average molecular weight is 345 g/mol. The zero-order valence-corrected chi connectivity index (χ0v) is 15.4. The molecule has 4 rings (SSSR count). The van der Waals surface area contributed by atoms with E-state index < -0.39 is 0 Å². The van der Waals surface area contributed by atoms with Gasteiger partial charge in [-0.05, 0) is 43.0 Å². The summed E-state index contributed by atoms with van der Waals surface area (Å²) in [7, 11) is 0. The lowest BCUT2D eigenvalue weighted by molar-refractivity contribution is 0.0882. The van der Waals surface area contributed by atoms with E-state index in [1.807, 2.05) is 47.1 Å². The summed E-state index contributed by atoms with van der Waals surface area (Å²) >= 11 is 0. The quantitative estimate of drug-likeness (QED) is 0.764. The number of ketones is 1. The van der Waals surface area contributed by atoms with Crippen LogP contribution in [0.2, 0.25) is 0 Å². The lowest BCUT2D eigenvalue weighted by Crippen LogP contribution is -2.48. The highest BCUT2D eigenvalue weighted by Gasteiger charge is 2.43. The third kappa shape index (κ3) is 2.81. The molecule has 1 aliphatic rings. The second kappa shape index (κ2) is 6.13. The third-order valence-corrected chi connectivity index (χ3v) is 5.16. The maximum absolute atomic E-state index is 13.2. The molecular weight excluding hydrogens is 322 g/mol. The number of benzene rings is 2. The molecular formula is C22H23N3O. The van der Waals surface area contributed by atoms with Gasteiger partial charge in [0.05, 0.1) is 29.2 Å². The van der Waals surface area contributed by atoms with Crippen molar-refractivity contribution in [1.82, 2.24) is 9.78 Å². The first kappa shape index (κ1) is 16.6. The third-order valence-electron chi connectivity index (χ3n) is 5.16. The number of Topliss-reactive ketones (excluding diaryl/α,β-unsaturated/α-hetero) is 1. The summed E-state index contributed by atoms with van der Waals surface area (Å²) in [5.74, 6) is 0.110. The standard InChI is InChI=1S/C22H23N3O/c1-15-9-11-16(12-10-15)24-21-20(26)18-14-23-25(17-7-5-4-6-8-17)19(18)13-22(21,2)3/h4-12,14,21,24H,13H2,1-3H3. The number of nitrogens with one attached hydrogen (secondary N) is 1. The fourth-order valence-electron chi connectivity index (χ4n) is 3.66. The van der Waals surface area contributed by atoms with Crippen LogP contribution in [0.4, 0.5) is 5.69 Å². The molecule has 0 bridgehead atoms. The largest absolute Gasteiger partial charge is 0.375 e. The molecule has 3 aromatic rings. The van der Waals surface area contributed by atoms with Gasteiger partial charge in [0.1, 0.15) is 0 Å². The van der Waals surface area contributed by atoms with E-state index in [2.05, 4.69) is 43.3 Å². The van der Waals surface area contributed by atoms with Crippen LogP contribution in [-0.2, 0) is 6.42 Å². The van der Waals surface area contributed by atoms with E-state index in [4.69, 9.17) is 0 Å². The van der Waals surface area contributed by atoms with Gasteiger partial charge in [0.25, 0.3) is 0 Å². The summed E-state index contributed by atoms with van der Waals surface area (Å²) in [6.07, 6.45) is 2.50. The Morgan fingerprint density at radius 3 is 2.46 bits per heavy atom. The molecule has 1 atom stereocenters. The van der Waals surface area contributed by atoms with Gasteiger partial charge in [-0.15, -0.1) is 0 Å². The lowest BCUT2D eigenvalue weighted by atomic mass is 9.72. The topological polar surface area (TPSA) is 46.9 Å². The van der Waals surface area contributed by atoms with Gasteiger partial charge in [0, 0.05) is 5.69 Å². The Balaban J connectivity index is 1.70.